The SMILES string of the molecule is O=C(O)[C@H]1CSCN1S(=O)(=O)CC1CCOC1. The fourth-order valence-corrected chi connectivity index (χ4v) is 5.58. The zero-order chi connectivity index (χ0) is 12.5. The summed E-state index contributed by atoms with van der Waals surface area (Å²) in [7, 11) is -3.49. The number of nitrogens with zero attached hydrogens (tertiary/aromatic N) is 1. The van der Waals surface area contributed by atoms with Gasteiger partial charge in [-0.05, 0) is 12.3 Å². The van der Waals surface area contributed by atoms with Crippen LogP contribution in [0, 0.1) is 5.92 Å². The minimum Gasteiger partial charge on any atom is -0.480 e. The highest BCUT2D eigenvalue weighted by molar-refractivity contribution is 8.00. The average molecular weight is 281 g/mol. The van der Waals surface area contributed by atoms with Gasteiger partial charge in [0.15, 0.2) is 0 Å². The van der Waals surface area contributed by atoms with E-state index in [1.807, 2.05) is 0 Å². The van der Waals surface area contributed by atoms with Crippen molar-refractivity contribution in [2.75, 3.05) is 30.6 Å². The summed E-state index contributed by atoms with van der Waals surface area (Å²) in [6, 6.07) is -0.910. The van der Waals surface area contributed by atoms with Gasteiger partial charge < -0.3 is 9.84 Å². The maximum Gasteiger partial charge on any atom is 0.322 e. The van der Waals surface area contributed by atoms with Gasteiger partial charge in [0, 0.05) is 12.4 Å². The Morgan fingerprint density at radius 2 is 2.29 bits per heavy atom. The number of carboxylic acids is 1. The van der Waals surface area contributed by atoms with Gasteiger partial charge in [0.05, 0.1) is 18.2 Å². The fraction of sp³-hybridized carbons (Fsp3) is 0.889. The molecule has 1 unspecified atom stereocenters. The first-order valence-electron chi connectivity index (χ1n) is 5.38. The molecule has 0 saturated carbocycles. The van der Waals surface area contributed by atoms with Crippen LogP contribution in [-0.4, -0.2) is 60.4 Å². The van der Waals surface area contributed by atoms with E-state index in [-0.39, 0.29) is 17.5 Å². The summed E-state index contributed by atoms with van der Waals surface area (Å²) in [4.78, 5) is 11.0. The van der Waals surface area contributed by atoms with Crippen molar-refractivity contribution in [3.63, 3.8) is 0 Å². The van der Waals surface area contributed by atoms with E-state index >= 15 is 0 Å². The topological polar surface area (TPSA) is 83.9 Å². The van der Waals surface area contributed by atoms with Crippen LogP contribution in [0.15, 0.2) is 0 Å². The average Bonchev–Trinajstić information content (AvgIpc) is 2.84. The summed E-state index contributed by atoms with van der Waals surface area (Å²) in [6.45, 7) is 1.05. The first-order valence-corrected chi connectivity index (χ1v) is 8.15. The van der Waals surface area contributed by atoms with Gasteiger partial charge in [0.25, 0.3) is 0 Å². The second-order valence-electron chi connectivity index (χ2n) is 4.25. The number of aliphatic carboxylic acids is 1. The second kappa shape index (κ2) is 5.13. The van der Waals surface area contributed by atoms with Gasteiger partial charge in [-0.25, -0.2) is 8.42 Å². The third-order valence-corrected chi connectivity index (χ3v) is 6.12. The molecule has 2 fully saturated rings. The molecule has 2 aliphatic rings. The molecule has 0 amide bonds. The molecule has 6 nitrogen and oxygen atoms in total. The zero-order valence-electron chi connectivity index (χ0n) is 9.24. The van der Waals surface area contributed by atoms with Crippen LogP contribution in [0.3, 0.4) is 0 Å². The predicted octanol–water partition coefficient (Wildman–Crippen LogP) is -0.188. The van der Waals surface area contributed by atoms with Crippen molar-refractivity contribution in [3.8, 4) is 0 Å². The molecule has 0 aliphatic carbocycles. The molecule has 17 heavy (non-hydrogen) atoms. The third kappa shape index (κ3) is 2.93. The minimum absolute atomic E-state index is 0.0000416. The van der Waals surface area contributed by atoms with Crippen molar-refractivity contribution in [1.82, 2.24) is 4.31 Å². The lowest BCUT2D eigenvalue weighted by Crippen LogP contribution is -2.43. The molecular weight excluding hydrogens is 266 g/mol. The Balaban J connectivity index is 2.06. The van der Waals surface area contributed by atoms with Gasteiger partial charge in [0.2, 0.25) is 10.0 Å². The van der Waals surface area contributed by atoms with E-state index in [2.05, 4.69) is 0 Å². The molecule has 2 rings (SSSR count). The molecule has 0 spiro atoms. The number of carbonyl (C=O) groups is 1. The van der Waals surface area contributed by atoms with Gasteiger partial charge in [-0.3, -0.25) is 4.79 Å². The van der Waals surface area contributed by atoms with Gasteiger partial charge in [0.1, 0.15) is 6.04 Å². The van der Waals surface area contributed by atoms with E-state index in [9.17, 15) is 13.2 Å². The molecule has 98 valence electrons. The van der Waals surface area contributed by atoms with Crippen LogP contribution in [0.2, 0.25) is 0 Å². The Kier molecular flexibility index (Phi) is 3.96. The third-order valence-electron chi connectivity index (χ3n) is 2.95. The number of hydrogen-bond donors (Lipinski definition) is 1. The largest absolute Gasteiger partial charge is 0.480 e. The van der Waals surface area contributed by atoms with E-state index < -0.39 is 22.0 Å². The van der Waals surface area contributed by atoms with Crippen molar-refractivity contribution in [2.45, 2.75) is 12.5 Å². The molecule has 0 bridgehead atoms. The summed E-state index contributed by atoms with van der Waals surface area (Å²) in [6.07, 6.45) is 0.734. The lowest BCUT2D eigenvalue weighted by molar-refractivity contribution is -0.140. The molecule has 0 aromatic heterocycles. The van der Waals surface area contributed by atoms with E-state index in [0.717, 1.165) is 10.7 Å². The van der Waals surface area contributed by atoms with Crippen LogP contribution in [0.1, 0.15) is 6.42 Å². The first-order chi connectivity index (χ1) is 8.00. The van der Waals surface area contributed by atoms with Crippen LogP contribution in [0.5, 0.6) is 0 Å². The number of hydrogen-bond acceptors (Lipinski definition) is 5. The van der Waals surface area contributed by atoms with Gasteiger partial charge in [-0.15, -0.1) is 11.8 Å². The Morgan fingerprint density at radius 1 is 1.53 bits per heavy atom. The monoisotopic (exact) mass is 281 g/mol. The lowest BCUT2D eigenvalue weighted by Gasteiger charge is -2.21. The van der Waals surface area contributed by atoms with E-state index in [1.54, 1.807) is 0 Å². The smallest absolute Gasteiger partial charge is 0.322 e. The van der Waals surface area contributed by atoms with Crippen molar-refractivity contribution in [1.29, 1.82) is 0 Å². The van der Waals surface area contributed by atoms with E-state index in [4.69, 9.17) is 9.84 Å². The summed E-state index contributed by atoms with van der Waals surface area (Å²) in [5.41, 5.74) is 0. The highest BCUT2D eigenvalue weighted by Crippen LogP contribution is 2.26. The number of sulfonamides is 1. The van der Waals surface area contributed by atoms with Crippen LogP contribution < -0.4 is 0 Å². The predicted molar refractivity (Wildman–Crippen MR) is 63.3 cm³/mol. The molecule has 1 N–H and O–H groups in total. The lowest BCUT2D eigenvalue weighted by atomic mass is 10.2. The molecule has 2 heterocycles. The molecule has 0 radical (unpaired) electrons. The van der Waals surface area contributed by atoms with Crippen LogP contribution in [0.4, 0.5) is 0 Å². The number of rotatable bonds is 4. The second-order valence-corrected chi connectivity index (χ2v) is 7.22. The van der Waals surface area contributed by atoms with Crippen molar-refractivity contribution in [2.24, 2.45) is 5.92 Å². The van der Waals surface area contributed by atoms with Gasteiger partial charge in [-0.1, -0.05) is 0 Å². The van der Waals surface area contributed by atoms with Crippen LogP contribution >= 0.6 is 11.8 Å². The highest BCUT2D eigenvalue weighted by atomic mass is 32.2. The standard InChI is InChI=1S/C9H15NO5S2/c11-9(12)8-4-16-6-10(8)17(13,14)5-7-1-2-15-3-7/h7-8H,1-6H2,(H,11,12)/t7?,8-/m1/s1. The quantitative estimate of drug-likeness (QED) is 0.769. The summed E-state index contributed by atoms with van der Waals surface area (Å²) >= 11 is 1.34. The molecule has 2 atom stereocenters. The summed E-state index contributed by atoms with van der Waals surface area (Å²) in [5, 5.41) is 8.96. The number of thioether (sulfide) groups is 1. The van der Waals surface area contributed by atoms with Crippen molar-refractivity contribution in [3.05, 3.63) is 0 Å². The number of carboxylic acid groups (broad SMARTS) is 1. The maximum atomic E-state index is 12.1. The Hall–Kier alpha value is -0.310. The molecular formula is C9H15NO5S2. The molecule has 2 aliphatic heterocycles. The number of ether oxygens (including phenoxy) is 1. The molecule has 2 saturated heterocycles. The van der Waals surface area contributed by atoms with E-state index in [0.29, 0.717) is 19.0 Å². The summed E-state index contributed by atoms with van der Waals surface area (Å²) < 4.78 is 30.4. The Labute approximate surface area is 104 Å². The maximum absolute atomic E-state index is 12.1. The van der Waals surface area contributed by atoms with Crippen molar-refractivity contribution >= 4 is 27.8 Å². The minimum atomic E-state index is -3.49. The zero-order valence-corrected chi connectivity index (χ0v) is 10.9. The molecule has 0 aromatic carbocycles. The highest BCUT2D eigenvalue weighted by Gasteiger charge is 2.40. The molecule has 0 aromatic rings. The molecule has 8 heteroatoms. The fourth-order valence-electron chi connectivity index (χ4n) is 2.00. The van der Waals surface area contributed by atoms with Crippen molar-refractivity contribution < 1.29 is 23.1 Å². The normalized spacial score (nSPS) is 30.8. The Bertz CT molecular complexity index is 390. The van der Waals surface area contributed by atoms with Gasteiger partial charge in [-0.2, -0.15) is 4.31 Å². The van der Waals surface area contributed by atoms with Crippen LogP contribution in [-0.2, 0) is 19.6 Å². The Morgan fingerprint density at radius 3 is 2.88 bits per heavy atom. The van der Waals surface area contributed by atoms with E-state index in [1.165, 1.54) is 11.8 Å². The first kappa shape index (κ1) is 13.1. The summed E-state index contributed by atoms with van der Waals surface area (Å²) in [5.74, 6) is -0.499. The van der Waals surface area contributed by atoms with Crippen LogP contribution in [0.25, 0.3) is 0 Å². The van der Waals surface area contributed by atoms with Gasteiger partial charge >= 0.3 is 5.97 Å².